The van der Waals surface area contributed by atoms with Crippen LogP contribution in [0.25, 0.3) is 0 Å². The number of hydrogen-bond acceptors (Lipinski definition) is 4. The average molecular weight is 233 g/mol. The van der Waals surface area contributed by atoms with Crippen molar-refractivity contribution in [1.82, 2.24) is 20.2 Å². The van der Waals surface area contributed by atoms with Gasteiger partial charge in [0.1, 0.15) is 0 Å². The van der Waals surface area contributed by atoms with Crippen LogP contribution in [0, 0.1) is 23.7 Å². The van der Waals surface area contributed by atoms with Gasteiger partial charge in [-0.25, -0.2) is 0 Å². The topological polar surface area (TPSA) is 69.6 Å². The van der Waals surface area contributed by atoms with Crippen LogP contribution in [0.15, 0.2) is 0 Å². The van der Waals surface area contributed by atoms with Gasteiger partial charge in [0, 0.05) is 0 Å². The van der Waals surface area contributed by atoms with Crippen LogP contribution in [0.4, 0.5) is 0 Å². The highest BCUT2D eigenvalue weighted by Crippen LogP contribution is 2.57. The van der Waals surface area contributed by atoms with Gasteiger partial charge in [-0.3, -0.25) is 0 Å². The van der Waals surface area contributed by atoms with E-state index < -0.39 is 0 Å². The largest absolute Gasteiger partial charge is 0.324 e. The molecule has 4 bridgehead atoms. The maximum Gasteiger partial charge on any atom is 0.188 e. The highest BCUT2D eigenvalue weighted by atomic mass is 15.6. The average Bonchev–Trinajstić information content (AvgIpc) is 2.76. The lowest BCUT2D eigenvalue weighted by molar-refractivity contribution is -0.0395. The molecule has 0 aromatic carbocycles. The van der Waals surface area contributed by atoms with E-state index in [2.05, 4.69) is 15.4 Å². The molecule has 5 heteroatoms. The Hall–Kier alpha value is -0.970. The molecule has 2 N–H and O–H groups in total. The van der Waals surface area contributed by atoms with Crippen molar-refractivity contribution in [2.75, 3.05) is 0 Å². The number of aromatic nitrogens is 4. The van der Waals surface area contributed by atoms with Gasteiger partial charge in [-0.15, -0.1) is 10.2 Å². The summed E-state index contributed by atoms with van der Waals surface area (Å²) in [5.41, 5.74) is 5.56. The first-order chi connectivity index (χ1) is 8.33. The Morgan fingerprint density at radius 2 is 1.71 bits per heavy atom. The van der Waals surface area contributed by atoms with Gasteiger partial charge in [0.05, 0.1) is 12.6 Å². The third kappa shape index (κ3) is 1.44. The van der Waals surface area contributed by atoms with Gasteiger partial charge in [0.25, 0.3) is 0 Å². The fraction of sp³-hybridized carbons (Fsp3) is 0.917. The summed E-state index contributed by atoms with van der Waals surface area (Å²) in [6, 6.07) is 0.510. The minimum atomic E-state index is 0.396. The van der Waals surface area contributed by atoms with Crippen molar-refractivity contribution in [2.45, 2.75) is 44.7 Å². The second-order valence-electron chi connectivity index (χ2n) is 6.15. The lowest BCUT2D eigenvalue weighted by Crippen LogP contribution is -2.46. The zero-order chi connectivity index (χ0) is 11.4. The predicted octanol–water partition coefficient (Wildman–Crippen LogP) is 1.13. The molecule has 92 valence electrons. The van der Waals surface area contributed by atoms with Gasteiger partial charge in [0.15, 0.2) is 5.82 Å². The van der Waals surface area contributed by atoms with Crippen molar-refractivity contribution in [2.24, 2.45) is 29.4 Å². The van der Waals surface area contributed by atoms with Gasteiger partial charge < -0.3 is 5.73 Å². The van der Waals surface area contributed by atoms with Crippen LogP contribution in [0.3, 0.4) is 0 Å². The van der Waals surface area contributed by atoms with E-state index >= 15 is 0 Å². The quantitative estimate of drug-likeness (QED) is 0.831. The molecule has 0 aliphatic heterocycles. The van der Waals surface area contributed by atoms with E-state index in [4.69, 9.17) is 5.73 Å². The Balaban J connectivity index is 1.65. The summed E-state index contributed by atoms with van der Waals surface area (Å²) >= 11 is 0. The molecular formula is C12H19N5. The van der Waals surface area contributed by atoms with Crippen LogP contribution in [0.5, 0.6) is 0 Å². The lowest BCUT2D eigenvalue weighted by Gasteiger charge is -2.53. The predicted molar refractivity (Wildman–Crippen MR) is 61.8 cm³/mol. The SMILES string of the molecule is NCc1nnn(C2C3CC4CC(C3)CC2C4)n1. The molecule has 4 fully saturated rings. The molecule has 5 rings (SSSR count). The molecule has 0 unspecified atom stereocenters. The van der Waals surface area contributed by atoms with Crippen molar-refractivity contribution in [1.29, 1.82) is 0 Å². The van der Waals surface area contributed by atoms with Crippen LogP contribution in [0.2, 0.25) is 0 Å². The fourth-order valence-corrected chi connectivity index (χ4v) is 4.74. The number of tetrazole rings is 1. The van der Waals surface area contributed by atoms with E-state index in [1.165, 1.54) is 32.1 Å². The molecule has 1 aromatic rings. The zero-order valence-electron chi connectivity index (χ0n) is 10.00. The third-order valence-electron chi connectivity index (χ3n) is 5.10. The summed E-state index contributed by atoms with van der Waals surface area (Å²) in [6.07, 6.45) is 7.03. The molecule has 0 amide bonds. The smallest absolute Gasteiger partial charge is 0.188 e. The van der Waals surface area contributed by atoms with E-state index in [1.54, 1.807) is 0 Å². The molecule has 0 saturated heterocycles. The van der Waals surface area contributed by atoms with Gasteiger partial charge in [-0.1, -0.05) is 0 Å². The van der Waals surface area contributed by atoms with E-state index in [0.717, 1.165) is 23.7 Å². The van der Waals surface area contributed by atoms with Gasteiger partial charge >= 0.3 is 0 Å². The molecule has 4 saturated carbocycles. The number of rotatable bonds is 2. The maximum atomic E-state index is 5.56. The zero-order valence-corrected chi connectivity index (χ0v) is 10.00. The van der Waals surface area contributed by atoms with Gasteiger partial charge in [-0.2, -0.15) is 4.80 Å². The second-order valence-corrected chi connectivity index (χ2v) is 6.15. The molecular weight excluding hydrogens is 214 g/mol. The van der Waals surface area contributed by atoms with Crippen LogP contribution in [-0.2, 0) is 6.54 Å². The van der Waals surface area contributed by atoms with Crippen LogP contribution >= 0.6 is 0 Å². The molecule has 4 aliphatic carbocycles. The first-order valence-electron chi connectivity index (χ1n) is 6.82. The molecule has 4 aliphatic rings. The molecule has 17 heavy (non-hydrogen) atoms. The Labute approximate surface area is 101 Å². The van der Waals surface area contributed by atoms with Crippen LogP contribution in [0.1, 0.15) is 44.0 Å². The summed E-state index contributed by atoms with van der Waals surface area (Å²) in [6.45, 7) is 0.396. The molecule has 0 spiro atoms. The van der Waals surface area contributed by atoms with Crippen LogP contribution in [-0.4, -0.2) is 20.2 Å². The van der Waals surface area contributed by atoms with E-state index in [-0.39, 0.29) is 0 Å². The minimum Gasteiger partial charge on any atom is -0.324 e. The highest BCUT2D eigenvalue weighted by Gasteiger charge is 2.49. The number of nitrogens with zero attached hydrogens (tertiary/aromatic N) is 4. The van der Waals surface area contributed by atoms with Gasteiger partial charge in [0.2, 0.25) is 0 Å². The minimum absolute atomic E-state index is 0.396. The Morgan fingerprint density at radius 1 is 1.06 bits per heavy atom. The normalized spacial score (nSPS) is 43.2. The Morgan fingerprint density at radius 3 is 2.24 bits per heavy atom. The molecule has 5 nitrogen and oxygen atoms in total. The summed E-state index contributed by atoms with van der Waals surface area (Å²) in [4.78, 5) is 1.88. The monoisotopic (exact) mass is 233 g/mol. The van der Waals surface area contributed by atoms with Crippen LogP contribution < -0.4 is 5.73 Å². The Kier molecular flexibility index (Phi) is 2.06. The lowest BCUT2D eigenvalue weighted by atomic mass is 9.54. The van der Waals surface area contributed by atoms with E-state index in [1.807, 2.05) is 4.80 Å². The van der Waals surface area contributed by atoms with Crippen molar-refractivity contribution in [3.63, 3.8) is 0 Å². The standard InChI is InChI=1S/C12H19N5/c13-6-11-14-16-17(15-11)12-9-2-7-1-8(4-9)5-10(12)3-7/h7-10,12H,1-6,13H2. The van der Waals surface area contributed by atoms with E-state index in [0.29, 0.717) is 18.4 Å². The summed E-state index contributed by atoms with van der Waals surface area (Å²) < 4.78 is 0. The first-order valence-corrected chi connectivity index (χ1v) is 6.82. The van der Waals surface area contributed by atoms with Gasteiger partial charge in [-0.05, 0) is 61.0 Å². The maximum absolute atomic E-state index is 5.56. The Bertz CT molecular complexity index is 398. The van der Waals surface area contributed by atoms with Crippen molar-refractivity contribution in [3.05, 3.63) is 5.82 Å². The molecule has 1 heterocycles. The third-order valence-corrected chi connectivity index (χ3v) is 5.10. The number of nitrogens with two attached hydrogens (primary N) is 1. The summed E-state index contributed by atoms with van der Waals surface area (Å²) in [5.74, 6) is 4.26. The fourth-order valence-electron chi connectivity index (χ4n) is 4.74. The summed E-state index contributed by atoms with van der Waals surface area (Å²) in [5, 5.41) is 12.7. The molecule has 0 radical (unpaired) electrons. The van der Waals surface area contributed by atoms with Crippen molar-refractivity contribution in [3.8, 4) is 0 Å². The van der Waals surface area contributed by atoms with Crippen molar-refractivity contribution < 1.29 is 0 Å². The number of hydrogen-bond donors (Lipinski definition) is 1. The van der Waals surface area contributed by atoms with Crippen molar-refractivity contribution >= 4 is 0 Å². The molecule has 0 atom stereocenters. The first kappa shape index (κ1) is 10.00. The summed E-state index contributed by atoms with van der Waals surface area (Å²) in [7, 11) is 0. The second kappa shape index (κ2) is 3.51. The van der Waals surface area contributed by atoms with E-state index in [9.17, 15) is 0 Å². The highest BCUT2D eigenvalue weighted by molar-refractivity contribution is 4.99. The molecule has 1 aromatic heterocycles.